The quantitative estimate of drug-likeness (QED) is 0.223. The fourth-order valence-electron chi connectivity index (χ4n) is 4.25. The number of nitrogens with zero attached hydrogens (tertiary/aromatic N) is 1. The lowest BCUT2D eigenvalue weighted by Gasteiger charge is -2.25. The fourth-order valence-corrected chi connectivity index (χ4v) is 4.25. The molecule has 0 heterocycles. The van der Waals surface area contributed by atoms with Crippen LogP contribution in [-0.2, 0) is 6.42 Å². The molecule has 0 N–H and O–H groups in total. The zero-order valence-electron chi connectivity index (χ0n) is 20.0. The van der Waals surface area contributed by atoms with E-state index in [2.05, 4.69) is 157 Å². The Labute approximate surface area is 208 Å². The maximum atomic E-state index is 2.30. The molecule has 5 rings (SSSR count). The van der Waals surface area contributed by atoms with Crippen molar-refractivity contribution in [1.29, 1.82) is 0 Å². The molecule has 0 aliphatic carbocycles. The van der Waals surface area contributed by atoms with Crippen molar-refractivity contribution in [3.05, 3.63) is 150 Å². The Morgan fingerprint density at radius 1 is 0.457 bits per heavy atom. The summed E-state index contributed by atoms with van der Waals surface area (Å²) >= 11 is 0. The maximum Gasteiger partial charge on any atom is 0.0462 e. The van der Waals surface area contributed by atoms with E-state index in [4.69, 9.17) is 0 Å². The monoisotopic (exact) mass is 451 g/mol. The van der Waals surface area contributed by atoms with Gasteiger partial charge in [0, 0.05) is 17.1 Å². The maximum absolute atomic E-state index is 2.30. The summed E-state index contributed by atoms with van der Waals surface area (Å²) in [6.45, 7) is 2.18. The molecule has 0 aliphatic rings. The fraction of sp³-hybridized carbons (Fsp3) is 0.0588. The van der Waals surface area contributed by atoms with Gasteiger partial charge in [0.15, 0.2) is 0 Å². The molecule has 0 aliphatic heterocycles. The van der Waals surface area contributed by atoms with Gasteiger partial charge in [0.1, 0.15) is 0 Å². The minimum atomic E-state index is 1.07. The number of para-hydroxylation sites is 1. The van der Waals surface area contributed by atoms with E-state index in [9.17, 15) is 0 Å². The Bertz CT molecular complexity index is 1370. The standard InChI is InChI=1S/C34H29N/c1-2-27-13-15-28(16-14-27)17-18-29-19-23-33(24-20-29)35(32-11-7-4-8-12-32)34-25-21-31(22-26-34)30-9-5-3-6-10-30/h3-26H,2H2,1H3. The van der Waals surface area contributed by atoms with E-state index in [0.717, 1.165) is 23.5 Å². The van der Waals surface area contributed by atoms with Crippen LogP contribution in [0.2, 0.25) is 0 Å². The molecule has 0 aromatic heterocycles. The Kier molecular flexibility index (Phi) is 6.87. The lowest BCUT2D eigenvalue weighted by molar-refractivity contribution is 1.14. The smallest absolute Gasteiger partial charge is 0.0462 e. The number of benzene rings is 5. The van der Waals surface area contributed by atoms with E-state index >= 15 is 0 Å². The molecule has 35 heavy (non-hydrogen) atoms. The van der Waals surface area contributed by atoms with Crippen LogP contribution < -0.4 is 4.90 Å². The first-order valence-electron chi connectivity index (χ1n) is 12.2. The van der Waals surface area contributed by atoms with Gasteiger partial charge in [0.05, 0.1) is 0 Å². The summed E-state index contributed by atoms with van der Waals surface area (Å²) in [5, 5.41) is 0. The summed E-state index contributed by atoms with van der Waals surface area (Å²) in [4.78, 5) is 2.30. The zero-order chi connectivity index (χ0) is 23.9. The molecule has 0 saturated carbocycles. The van der Waals surface area contributed by atoms with Crippen molar-refractivity contribution in [1.82, 2.24) is 0 Å². The predicted molar refractivity (Wildman–Crippen MR) is 151 cm³/mol. The number of aryl methyl sites for hydroxylation is 1. The van der Waals surface area contributed by atoms with Gasteiger partial charge in [0.25, 0.3) is 0 Å². The van der Waals surface area contributed by atoms with Crippen molar-refractivity contribution in [2.24, 2.45) is 0 Å². The van der Waals surface area contributed by atoms with Crippen LogP contribution in [0, 0.1) is 0 Å². The molecule has 0 unspecified atom stereocenters. The summed E-state index contributed by atoms with van der Waals surface area (Å²) in [6.07, 6.45) is 5.41. The Balaban J connectivity index is 1.42. The van der Waals surface area contributed by atoms with Gasteiger partial charge >= 0.3 is 0 Å². The molecule has 0 radical (unpaired) electrons. The highest BCUT2D eigenvalue weighted by Gasteiger charge is 2.12. The minimum Gasteiger partial charge on any atom is -0.311 e. The lowest BCUT2D eigenvalue weighted by Crippen LogP contribution is -2.09. The molecule has 0 atom stereocenters. The van der Waals surface area contributed by atoms with Crippen LogP contribution in [0.5, 0.6) is 0 Å². The molecule has 1 nitrogen and oxygen atoms in total. The van der Waals surface area contributed by atoms with E-state index in [0.29, 0.717) is 0 Å². The van der Waals surface area contributed by atoms with Gasteiger partial charge in [-0.15, -0.1) is 0 Å². The Morgan fingerprint density at radius 3 is 1.43 bits per heavy atom. The van der Waals surface area contributed by atoms with E-state index in [1.165, 1.54) is 27.8 Å². The highest BCUT2D eigenvalue weighted by molar-refractivity contribution is 5.79. The summed E-state index contributed by atoms with van der Waals surface area (Å²) in [5.41, 5.74) is 9.61. The number of hydrogen-bond donors (Lipinski definition) is 0. The largest absolute Gasteiger partial charge is 0.311 e. The first-order valence-corrected chi connectivity index (χ1v) is 12.2. The zero-order valence-corrected chi connectivity index (χ0v) is 20.0. The molecule has 0 amide bonds. The normalized spacial score (nSPS) is 11.0. The SMILES string of the molecule is CCc1ccc(C=Cc2ccc(N(c3ccccc3)c3ccc(-c4ccccc4)cc3)cc2)cc1. The second kappa shape index (κ2) is 10.7. The lowest BCUT2D eigenvalue weighted by atomic mass is 10.0. The highest BCUT2D eigenvalue weighted by atomic mass is 15.1. The van der Waals surface area contributed by atoms with E-state index < -0.39 is 0 Å². The molecule has 0 bridgehead atoms. The molecule has 5 aromatic carbocycles. The van der Waals surface area contributed by atoms with Crippen LogP contribution in [0.15, 0.2) is 133 Å². The van der Waals surface area contributed by atoms with Crippen molar-refractivity contribution in [2.75, 3.05) is 4.90 Å². The number of anilines is 3. The molecular weight excluding hydrogens is 422 g/mol. The van der Waals surface area contributed by atoms with Gasteiger partial charge in [-0.25, -0.2) is 0 Å². The first kappa shape index (κ1) is 22.4. The van der Waals surface area contributed by atoms with Crippen LogP contribution >= 0.6 is 0 Å². The molecule has 1 heteroatoms. The number of rotatable bonds is 7. The van der Waals surface area contributed by atoms with Crippen LogP contribution in [-0.4, -0.2) is 0 Å². The van der Waals surface area contributed by atoms with Gasteiger partial charge in [-0.3, -0.25) is 0 Å². The topological polar surface area (TPSA) is 3.24 Å². The third-order valence-corrected chi connectivity index (χ3v) is 6.25. The molecule has 170 valence electrons. The third-order valence-electron chi connectivity index (χ3n) is 6.25. The number of hydrogen-bond acceptors (Lipinski definition) is 1. The van der Waals surface area contributed by atoms with Crippen molar-refractivity contribution in [2.45, 2.75) is 13.3 Å². The van der Waals surface area contributed by atoms with Gasteiger partial charge in [-0.05, 0) is 70.6 Å². The van der Waals surface area contributed by atoms with E-state index in [1.54, 1.807) is 0 Å². The van der Waals surface area contributed by atoms with Crippen molar-refractivity contribution >= 4 is 29.2 Å². The molecular formula is C34H29N. The van der Waals surface area contributed by atoms with Crippen LogP contribution in [0.3, 0.4) is 0 Å². The second-order valence-electron chi connectivity index (χ2n) is 8.60. The summed E-state index contributed by atoms with van der Waals surface area (Å²) in [7, 11) is 0. The summed E-state index contributed by atoms with van der Waals surface area (Å²) < 4.78 is 0. The van der Waals surface area contributed by atoms with Gasteiger partial charge < -0.3 is 4.90 Å². The van der Waals surface area contributed by atoms with Gasteiger partial charge in [-0.1, -0.05) is 116 Å². The van der Waals surface area contributed by atoms with Crippen LogP contribution in [0.1, 0.15) is 23.6 Å². The highest BCUT2D eigenvalue weighted by Crippen LogP contribution is 2.35. The first-order chi connectivity index (χ1) is 17.3. The van der Waals surface area contributed by atoms with E-state index in [1.807, 2.05) is 0 Å². The Morgan fingerprint density at radius 2 is 0.886 bits per heavy atom. The predicted octanol–water partition coefficient (Wildman–Crippen LogP) is 9.56. The molecule has 0 fully saturated rings. The van der Waals surface area contributed by atoms with Crippen molar-refractivity contribution < 1.29 is 0 Å². The third kappa shape index (κ3) is 5.42. The average molecular weight is 452 g/mol. The van der Waals surface area contributed by atoms with Gasteiger partial charge in [0.2, 0.25) is 0 Å². The van der Waals surface area contributed by atoms with E-state index in [-0.39, 0.29) is 0 Å². The molecule has 5 aromatic rings. The molecule has 0 saturated heterocycles. The van der Waals surface area contributed by atoms with Crippen LogP contribution in [0.25, 0.3) is 23.3 Å². The minimum absolute atomic E-state index is 1.07. The van der Waals surface area contributed by atoms with Crippen molar-refractivity contribution in [3.63, 3.8) is 0 Å². The van der Waals surface area contributed by atoms with Crippen LogP contribution in [0.4, 0.5) is 17.1 Å². The molecule has 0 spiro atoms. The summed E-state index contributed by atoms with van der Waals surface area (Å²) in [6, 6.07) is 47.3. The van der Waals surface area contributed by atoms with Crippen molar-refractivity contribution in [3.8, 4) is 11.1 Å². The van der Waals surface area contributed by atoms with Gasteiger partial charge in [-0.2, -0.15) is 0 Å². The average Bonchev–Trinajstić information content (AvgIpc) is 2.94. The Hall–Kier alpha value is -4.36. The second-order valence-corrected chi connectivity index (χ2v) is 8.60. The summed E-state index contributed by atoms with van der Waals surface area (Å²) in [5.74, 6) is 0.